The van der Waals surface area contributed by atoms with E-state index in [-0.39, 0.29) is 24.8 Å². The van der Waals surface area contributed by atoms with E-state index in [0.717, 1.165) is 30.4 Å². The first-order valence-electron chi connectivity index (χ1n) is 9.33. The number of aromatic nitrogens is 1. The molecule has 1 amide bonds. The van der Waals surface area contributed by atoms with E-state index in [2.05, 4.69) is 15.2 Å². The van der Waals surface area contributed by atoms with Crippen molar-refractivity contribution >= 4 is 42.6 Å². The number of likely N-dealkylation sites (tertiary alicyclic amines) is 1. The predicted molar refractivity (Wildman–Crippen MR) is 113 cm³/mol. The average molecular weight is 417 g/mol. The van der Waals surface area contributed by atoms with E-state index in [9.17, 15) is 4.79 Å². The fourth-order valence-corrected chi connectivity index (χ4v) is 3.87. The smallest absolute Gasteiger partial charge is 0.267 e. The summed E-state index contributed by atoms with van der Waals surface area (Å²) in [5, 5.41) is 12.0. The maximum Gasteiger partial charge on any atom is 0.267 e. The number of anilines is 1. The molecule has 6 nitrogen and oxygen atoms in total. The maximum absolute atomic E-state index is 11.0. The molecule has 0 spiro atoms. The van der Waals surface area contributed by atoms with Gasteiger partial charge in [-0.3, -0.25) is 14.9 Å². The van der Waals surface area contributed by atoms with Gasteiger partial charge >= 0.3 is 0 Å². The first kappa shape index (κ1) is 23.7. The van der Waals surface area contributed by atoms with Crippen molar-refractivity contribution in [3.8, 4) is 0 Å². The highest BCUT2D eigenvalue weighted by Gasteiger charge is 2.28. The van der Waals surface area contributed by atoms with Gasteiger partial charge < -0.3 is 5.32 Å². The molecule has 1 aliphatic heterocycles. The monoisotopic (exact) mass is 416 g/mol. The summed E-state index contributed by atoms with van der Waals surface area (Å²) in [6.07, 6.45) is 14.0. The first-order chi connectivity index (χ1) is 12.2. The summed E-state index contributed by atoms with van der Waals surface area (Å²) in [4.78, 5) is 18.1. The molecule has 1 atom stereocenters. The molecule has 0 bridgehead atoms. The standard InChI is InChI=1S/C19H28N4O2.2ClH/c24-19(22-25)10-8-15-7-9-18(20-13-15)21-16-11-12-23(14-16)17-5-3-1-2-4-6-17;;/h7-10,13,16-17,25H,1-6,11-12,14H2,(H,20,21)(H,22,24);2*1H/b10-8+;;/t16-;;/m1../s1. The van der Waals surface area contributed by atoms with Crippen molar-refractivity contribution in [2.45, 2.75) is 57.0 Å². The van der Waals surface area contributed by atoms with Crippen LogP contribution in [0.3, 0.4) is 0 Å². The highest BCUT2D eigenvalue weighted by Crippen LogP contribution is 2.26. The van der Waals surface area contributed by atoms with Gasteiger partial charge in [0.2, 0.25) is 0 Å². The summed E-state index contributed by atoms with van der Waals surface area (Å²) in [5.74, 6) is 0.322. The average Bonchev–Trinajstić information content (AvgIpc) is 2.93. The van der Waals surface area contributed by atoms with E-state index in [4.69, 9.17) is 5.21 Å². The number of pyridine rings is 1. The molecular formula is C19H30Cl2N4O2. The number of hydrogen-bond donors (Lipinski definition) is 3. The van der Waals surface area contributed by atoms with Crippen molar-refractivity contribution in [2.75, 3.05) is 18.4 Å². The minimum absolute atomic E-state index is 0. The Morgan fingerprint density at radius 2 is 1.89 bits per heavy atom. The fraction of sp³-hybridized carbons (Fsp3) is 0.579. The summed E-state index contributed by atoms with van der Waals surface area (Å²) >= 11 is 0. The summed E-state index contributed by atoms with van der Waals surface area (Å²) < 4.78 is 0. The number of nitrogens with zero attached hydrogens (tertiary/aromatic N) is 2. The van der Waals surface area contributed by atoms with Crippen LogP contribution in [-0.2, 0) is 4.79 Å². The molecule has 2 aliphatic rings. The molecule has 0 unspecified atom stereocenters. The number of nitrogens with one attached hydrogen (secondary N) is 2. The van der Waals surface area contributed by atoms with Crippen molar-refractivity contribution in [2.24, 2.45) is 0 Å². The Hall–Kier alpha value is -1.34. The summed E-state index contributed by atoms with van der Waals surface area (Å²) in [7, 11) is 0. The van der Waals surface area contributed by atoms with E-state index in [1.54, 1.807) is 17.8 Å². The van der Waals surface area contributed by atoms with E-state index in [0.29, 0.717) is 6.04 Å². The lowest BCUT2D eigenvalue weighted by molar-refractivity contribution is -0.124. The number of hydroxylamine groups is 1. The van der Waals surface area contributed by atoms with Gasteiger partial charge in [0.1, 0.15) is 5.82 Å². The van der Waals surface area contributed by atoms with Crippen LogP contribution in [-0.4, -0.2) is 46.2 Å². The van der Waals surface area contributed by atoms with E-state index >= 15 is 0 Å². The third kappa shape index (κ3) is 7.30. The molecule has 1 aromatic heterocycles. The van der Waals surface area contributed by atoms with Crippen molar-refractivity contribution in [3.63, 3.8) is 0 Å². The molecule has 27 heavy (non-hydrogen) atoms. The van der Waals surface area contributed by atoms with Gasteiger partial charge in [0, 0.05) is 37.4 Å². The second-order valence-electron chi connectivity index (χ2n) is 7.06. The van der Waals surface area contributed by atoms with E-state index in [1.165, 1.54) is 51.1 Å². The molecular weight excluding hydrogens is 387 g/mol. The number of rotatable bonds is 5. The fourth-order valence-electron chi connectivity index (χ4n) is 3.87. The lowest BCUT2D eigenvalue weighted by atomic mass is 10.1. The van der Waals surface area contributed by atoms with Crippen LogP contribution < -0.4 is 10.8 Å². The lowest BCUT2D eigenvalue weighted by Crippen LogP contribution is -2.35. The summed E-state index contributed by atoms with van der Waals surface area (Å²) in [6.45, 7) is 2.28. The van der Waals surface area contributed by atoms with Crippen LogP contribution in [0, 0.1) is 0 Å². The van der Waals surface area contributed by atoms with Gasteiger partial charge in [-0.05, 0) is 43.0 Å². The van der Waals surface area contributed by atoms with Crippen molar-refractivity contribution in [1.82, 2.24) is 15.4 Å². The molecule has 1 saturated heterocycles. The number of amides is 1. The van der Waals surface area contributed by atoms with Crippen LogP contribution in [0.2, 0.25) is 0 Å². The summed E-state index contributed by atoms with van der Waals surface area (Å²) in [5.41, 5.74) is 2.39. The van der Waals surface area contributed by atoms with Crippen LogP contribution in [0.15, 0.2) is 24.4 Å². The topological polar surface area (TPSA) is 77.5 Å². The Balaban J connectivity index is 0.00000182. The Morgan fingerprint density at radius 1 is 1.15 bits per heavy atom. The highest BCUT2D eigenvalue weighted by atomic mass is 35.5. The van der Waals surface area contributed by atoms with Crippen LogP contribution in [0.1, 0.15) is 50.5 Å². The third-order valence-corrected chi connectivity index (χ3v) is 5.24. The second kappa shape index (κ2) is 12.2. The minimum atomic E-state index is -0.549. The van der Waals surface area contributed by atoms with Gasteiger partial charge in [0.25, 0.3) is 5.91 Å². The zero-order chi connectivity index (χ0) is 17.5. The number of carbonyl (C=O) groups excluding carboxylic acids is 1. The van der Waals surface area contributed by atoms with Gasteiger partial charge in [-0.2, -0.15) is 0 Å². The predicted octanol–water partition coefficient (Wildman–Crippen LogP) is 3.65. The molecule has 0 radical (unpaired) electrons. The molecule has 2 heterocycles. The molecule has 8 heteroatoms. The van der Waals surface area contributed by atoms with Gasteiger partial charge in [0.05, 0.1) is 0 Å². The molecule has 2 fully saturated rings. The van der Waals surface area contributed by atoms with Crippen LogP contribution in [0.25, 0.3) is 6.08 Å². The number of carbonyl (C=O) groups is 1. The van der Waals surface area contributed by atoms with Gasteiger partial charge in [-0.15, -0.1) is 24.8 Å². The van der Waals surface area contributed by atoms with Crippen molar-refractivity contribution in [3.05, 3.63) is 30.0 Å². The summed E-state index contributed by atoms with van der Waals surface area (Å²) in [6, 6.07) is 5.07. The van der Waals surface area contributed by atoms with E-state index in [1.807, 2.05) is 12.1 Å². The second-order valence-corrected chi connectivity index (χ2v) is 7.06. The third-order valence-electron chi connectivity index (χ3n) is 5.24. The Labute approximate surface area is 173 Å². The van der Waals surface area contributed by atoms with Gasteiger partial charge in [0.15, 0.2) is 0 Å². The normalized spacial score (nSPS) is 21.1. The Kier molecular flexibility index (Phi) is 10.7. The SMILES string of the molecule is Cl.Cl.O=C(/C=C/c1ccc(N[C@@H]2CCN(C3CCCCCC3)C2)nc1)NO. The molecule has 152 valence electrons. The quantitative estimate of drug-likeness (QED) is 0.295. The maximum atomic E-state index is 11.0. The van der Waals surface area contributed by atoms with Crippen molar-refractivity contribution < 1.29 is 10.0 Å². The number of halogens is 2. The highest BCUT2D eigenvalue weighted by molar-refractivity contribution is 5.90. The van der Waals surface area contributed by atoms with Crippen LogP contribution in [0.4, 0.5) is 5.82 Å². The van der Waals surface area contributed by atoms with Gasteiger partial charge in [-0.1, -0.05) is 25.7 Å². The molecule has 0 aromatic carbocycles. The van der Waals surface area contributed by atoms with E-state index < -0.39 is 5.91 Å². The molecule has 1 saturated carbocycles. The van der Waals surface area contributed by atoms with Gasteiger partial charge in [-0.25, -0.2) is 10.5 Å². The Morgan fingerprint density at radius 3 is 2.52 bits per heavy atom. The number of hydrogen-bond acceptors (Lipinski definition) is 5. The zero-order valence-electron chi connectivity index (χ0n) is 15.5. The van der Waals surface area contributed by atoms with Crippen LogP contribution in [0.5, 0.6) is 0 Å². The lowest BCUT2D eigenvalue weighted by Gasteiger charge is -2.26. The largest absolute Gasteiger partial charge is 0.366 e. The molecule has 3 rings (SSSR count). The minimum Gasteiger partial charge on any atom is -0.366 e. The van der Waals surface area contributed by atoms with Crippen molar-refractivity contribution in [1.29, 1.82) is 0 Å². The molecule has 1 aromatic rings. The zero-order valence-corrected chi connectivity index (χ0v) is 17.1. The Bertz CT molecular complexity index is 590. The molecule has 3 N–H and O–H groups in total. The molecule has 1 aliphatic carbocycles. The first-order valence-corrected chi connectivity index (χ1v) is 9.33. The van der Waals surface area contributed by atoms with Crippen LogP contribution >= 0.6 is 24.8 Å².